The Morgan fingerprint density at radius 2 is 1.02 bits per heavy atom. The van der Waals surface area contributed by atoms with E-state index in [0.717, 1.165) is 60.5 Å². The minimum absolute atomic E-state index is 0.0580. The first-order chi connectivity index (χ1) is 29.5. The van der Waals surface area contributed by atoms with Crippen LogP contribution < -0.4 is 0 Å². The second-order valence-electron chi connectivity index (χ2n) is 12.9. The van der Waals surface area contributed by atoms with Gasteiger partial charge >= 0.3 is 0 Å². The molecule has 0 radical (unpaired) electrons. The molecular formula is C49H32N2. The second-order valence-corrected chi connectivity index (χ2v) is 12.9. The lowest BCUT2D eigenvalue weighted by Crippen LogP contribution is -2.28. The molecule has 0 aliphatic heterocycles. The number of para-hydroxylation sites is 3. The monoisotopic (exact) mass is 658 g/mol. The van der Waals surface area contributed by atoms with E-state index in [9.17, 15) is 2.74 Å². The van der Waals surface area contributed by atoms with Gasteiger partial charge in [0.2, 0.25) is 0 Å². The lowest BCUT2D eigenvalue weighted by atomic mass is 9.67. The highest BCUT2D eigenvalue weighted by Crippen LogP contribution is 2.56. The highest BCUT2D eigenvalue weighted by molar-refractivity contribution is 6.26. The summed E-state index contributed by atoms with van der Waals surface area (Å²) in [6.45, 7) is 0. The van der Waals surface area contributed by atoms with Crippen LogP contribution in [0.25, 0.3) is 66.1 Å². The van der Waals surface area contributed by atoms with Gasteiger partial charge in [0.1, 0.15) is 0 Å². The van der Waals surface area contributed by atoms with Gasteiger partial charge in [0, 0.05) is 32.9 Å². The number of rotatable bonds is 4. The van der Waals surface area contributed by atoms with Gasteiger partial charge in [0.05, 0.1) is 41.2 Å². The van der Waals surface area contributed by atoms with Crippen LogP contribution in [-0.4, -0.2) is 9.13 Å². The Morgan fingerprint density at radius 1 is 0.412 bits per heavy atom. The van der Waals surface area contributed by atoms with Gasteiger partial charge in [-0.3, -0.25) is 0 Å². The summed E-state index contributed by atoms with van der Waals surface area (Å²) in [6.07, 6.45) is 0. The largest absolute Gasteiger partial charge is 0.309 e. The molecule has 0 N–H and O–H groups in total. The van der Waals surface area contributed by atoms with Crippen molar-refractivity contribution >= 4 is 43.6 Å². The van der Waals surface area contributed by atoms with E-state index in [0.29, 0.717) is 16.6 Å². The van der Waals surface area contributed by atoms with Gasteiger partial charge in [-0.05, 0) is 75.8 Å². The predicted molar refractivity (Wildman–Crippen MR) is 212 cm³/mol. The Labute approximate surface area is 310 Å². The Balaban J connectivity index is 1.28. The predicted octanol–water partition coefficient (Wildman–Crippen LogP) is 12.2. The van der Waals surface area contributed by atoms with E-state index in [1.807, 2.05) is 127 Å². The molecule has 51 heavy (non-hydrogen) atoms. The van der Waals surface area contributed by atoms with Crippen molar-refractivity contribution < 1.29 is 13.7 Å². The van der Waals surface area contributed by atoms with E-state index in [1.54, 1.807) is 4.57 Å². The topological polar surface area (TPSA) is 9.86 Å². The molecule has 11 rings (SSSR count). The first-order valence-electron chi connectivity index (χ1n) is 21.9. The van der Waals surface area contributed by atoms with Crippen molar-refractivity contribution in [3.05, 3.63) is 216 Å². The number of nitrogens with zero attached hydrogens (tertiary/aromatic N) is 2. The quantitative estimate of drug-likeness (QED) is 0.178. The summed E-state index contributed by atoms with van der Waals surface area (Å²) in [5, 5.41) is 3.41. The maximum Gasteiger partial charge on any atom is 0.0714 e. The third-order valence-corrected chi connectivity index (χ3v) is 10.5. The number of aromatic nitrogens is 2. The van der Waals surface area contributed by atoms with Gasteiger partial charge < -0.3 is 9.13 Å². The molecule has 238 valence electrons. The van der Waals surface area contributed by atoms with Gasteiger partial charge in [0.15, 0.2) is 0 Å². The van der Waals surface area contributed by atoms with Crippen LogP contribution in [0.1, 0.15) is 36.0 Å². The molecule has 0 bridgehead atoms. The highest BCUT2D eigenvalue weighted by Gasteiger charge is 2.46. The smallest absolute Gasteiger partial charge is 0.0714 e. The number of fused-ring (bicyclic) bond motifs is 10. The molecular weight excluding hydrogens is 617 g/mol. The maximum absolute atomic E-state index is 9.41. The van der Waals surface area contributed by atoms with Crippen molar-refractivity contribution in [3.63, 3.8) is 0 Å². The van der Waals surface area contributed by atoms with Crippen LogP contribution in [0, 0.1) is 0 Å². The van der Waals surface area contributed by atoms with E-state index in [1.165, 1.54) is 0 Å². The van der Waals surface area contributed by atoms with E-state index < -0.39 is 41.7 Å². The van der Waals surface area contributed by atoms with Crippen molar-refractivity contribution in [2.45, 2.75) is 5.41 Å². The SMILES string of the molecule is [2H]c1c([2H])c([2H])c(-n2c3ccccc3c3ccc4c(c5ccccc5n4-c4cccc(C5(c6c([2H])c([2H])c([2H])c([2H])c6[2H])c6ccccc6-c6ccccc65)c4)c32)c([2H])c1[2H]. The lowest BCUT2D eigenvalue weighted by Gasteiger charge is -2.34. The number of benzene rings is 8. The average molecular weight is 659 g/mol. The van der Waals surface area contributed by atoms with E-state index >= 15 is 0 Å². The standard InChI is InChI=1S/C49H32N2/c1-3-16-33(17-4-1)49(42-26-11-7-22-37(42)38-23-8-12-27-43(38)49)34-18-15-21-36(32-34)50-45-29-14-10-25-41(45)47-46(50)31-30-40-39-24-9-13-28-44(39)51(48(40)47)35-19-5-2-6-20-35/h1-32H/i1D,2D,3D,4D,5D,6D,16D,17D,19D,20D. The molecule has 2 heteroatoms. The van der Waals surface area contributed by atoms with Gasteiger partial charge in [0.25, 0.3) is 0 Å². The van der Waals surface area contributed by atoms with Crippen LogP contribution in [-0.2, 0) is 5.41 Å². The summed E-state index contributed by atoms with van der Waals surface area (Å²) in [5.74, 6) is 0. The molecule has 0 amide bonds. The van der Waals surface area contributed by atoms with Gasteiger partial charge in [-0.2, -0.15) is 0 Å². The summed E-state index contributed by atoms with van der Waals surface area (Å²) in [4.78, 5) is 0. The zero-order chi connectivity index (χ0) is 42.2. The molecule has 10 aromatic rings. The maximum atomic E-state index is 9.41. The normalized spacial score (nSPS) is 16.0. The Kier molecular flexibility index (Phi) is 4.22. The summed E-state index contributed by atoms with van der Waals surface area (Å²) in [6, 6.07) is 39.7. The average Bonchev–Trinajstić information content (AvgIpc) is 3.91. The van der Waals surface area contributed by atoms with Gasteiger partial charge in [-0.1, -0.05) is 151 Å². The molecule has 0 atom stereocenters. The fourth-order valence-electron chi connectivity index (χ4n) is 8.65. The molecule has 0 spiro atoms. The van der Waals surface area contributed by atoms with Crippen LogP contribution in [0.15, 0.2) is 194 Å². The van der Waals surface area contributed by atoms with Crippen LogP contribution >= 0.6 is 0 Å². The molecule has 0 saturated carbocycles. The summed E-state index contributed by atoms with van der Waals surface area (Å²) in [5.41, 5.74) is 6.85. The van der Waals surface area contributed by atoms with Crippen molar-refractivity contribution in [1.29, 1.82) is 0 Å². The molecule has 0 saturated heterocycles. The summed E-state index contributed by atoms with van der Waals surface area (Å²) >= 11 is 0. The highest BCUT2D eigenvalue weighted by atomic mass is 15.0. The zero-order valence-corrected chi connectivity index (χ0v) is 27.1. The first-order valence-corrected chi connectivity index (χ1v) is 16.9. The van der Waals surface area contributed by atoms with Gasteiger partial charge in [-0.25, -0.2) is 0 Å². The fraction of sp³-hybridized carbons (Fsp3) is 0.0204. The molecule has 2 nitrogen and oxygen atoms in total. The molecule has 2 heterocycles. The third kappa shape index (κ3) is 3.76. The van der Waals surface area contributed by atoms with Crippen molar-refractivity contribution in [2.75, 3.05) is 0 Å². The molecule has 8 aromatic carbocycles. The Hall–Kier alpha value is -6.64. The van der Waals surface area contributed by atoms with Gasteiger partial charge in [-0.15, -0.1) is 0 Å². The lowest BCUT2D eigenvalue weighted by molar-refractivity contribution is 0.767. The molecule has 2 aromatic heterocycles. The van der Waals surface area contributed by atoms with Crippen LogP contribution in [0.2, 0.25) is 0 Å². The number of hydrogen-bond acceptors (Lipinski definition) is 0. The van der Waals surface area contributed by atoms with Crippen LogP contribution in [0.3, 0.4) is 0 Å². The summed E-state index contributed by atoms with van der Waals surface area (Å²) in [7, 11) is 0. The van der Waals surface area contributed by atoms with Crippen LogP contribution in [0.4, 0.5) is 0 Å². The molecule has 1 aliphatic rings. The van der Waals surface area contributed by atoms with Crippen molar-refractivity contribution in [1.82, 2.24) is 9.13 Å². The van der Waals surface area contributed by atoms with Crippen LogP contribution in [0.5, 0.6) is 0 Å². The summed E-state index contributed by atoms with van der Waals surface area (Å²) < 4.78 is 92.7. The molecule has 1 aliphatic carbocycles. The first kappa shape index (κ1) is 20.1. The Morgan fingerprint density at radius 3 is 1.75 bits per heavy atom. The van der Waals surface area contributed by atoms with Crippen molar-refractivity contribution in [2.24, 2.45) is 0 Å². The van der Waals surface area contributed by atoms with E-state index in [-0.39, 0.29) is 35.4 Å². The number of hydrogen-bond donors (Lipinski definition) is 0. The van der Waals surface area contributed by atoms with E-state index in [4.69, 9.17) is 11.0 Å². The van der Waals surface area contributed by atoms with E-state index in [2.05, 4.69) is 10.6 Å². The molecule has 0 fully saturated rings. The zero-order valence-electron chi connectivity index (χ0n) is 37.1. The Bertz CT molecular complexity index is 3460. The molecule has 0 unspecified atom stereocenters. The third-order valence-electron chi connectivity index (χ3n) is 10.5. The second kappa shape index (κ2) is 10.7. The van der Waals surface area contributed by atoms with Crippen molar-refractivity contribution in [3.8, 4) is 22.5 Å². The minimum Gasteiger partial charge on any atom is -0.309 e. The fourth-order valence-corrected chi connectivity index (χ4v) is 8.65. The minimum atomic E-state index is -1.31.